The van der Waals surface area contributed by atoms with Crippen LogP contribution in [0.25, 0.3) is 0 Å². The fourth-order valence-corrected chi connectivity index (χ4v) is 1.44. The normalized spacial score (nSPS) is 12.9. The van der Waals surface area contributed by atoms with E-state index in [1.54, 1.807) is 20.8 Å². The van der Waals surface area contributed by atoms with Crippen LogP contribution in [-0.2, 0) is 20.7 Å². The lowest BCUT2D eigenvalue weighted by molar-refractivity contribution is -0.162. The fourth-order valence-electron chi connectivity index (χ4n) is 1.44. The summed E-state index contributed by atoms with van der Waals surface area (Å²) >= 11 is 0. The fraction of sp³-hybridized carbons (Fsp3) is 0.429. The van der Waals surface area contributed by atoms with Crippen molar-refractivity contribution in [2.75, 3.05) is 0 Å². The van der Waals surface area contributed by atoms with Gasteiger partial charge in [-0.05, 0) is 32.8 Å². The smallest absolute Gasteiger partial charge is 0.376 e. The van der Waals surface area contributed by atoms with Crippen molar-refractivity contribution in [3.8, 4) is 0 Å². The second kappa shape index (κ2) is 5.78. The standard InChI is InChI=1S/C14H19NO3/c1-14(2,3)18-13(17)12(16)11(15)9-10-7-5-4-6-8-10/h4-8,11H,9,15H2,1-3H3/t11-/m0/s1. The second-order valence-corrected chi connectivity index (χ2v) is 5.16. The average Bonchev–Trinajstić information content (AvgIpc) is 2.27. The van der Waals surface area contributed by atoms with Crippen molar-refractivity contribution in [1.29, 1.82) is 0 Å². The summed E-state index contributed by atoms with van der Waals surface area (Å²) in [5, 5.41) is 0. The Morgan fingerprint density at radius 2 is 1.78 bits per heavy atom. The molecular weight excluding hydrogens is 230 g/mol. The first kappa shape index (κ1) is 14.4. The third-order valence-corrected chi connectivity index (χ3v) is 2.24. The zero-order valence-electron chi connectivity index (χ0n) is 11.0. The molecule has 0 aromatic heterocycles. The molecule has 0 fully saturated rings. The number of carbonyl (C=O) groups is 2. The maximum absolute atomic E-state index is 11.7. The van der Waals surface area contributed by atoms with Crippen molar-refractivity contribution in [3.63, 3.8) is 0 Å². The van der Waals surface area contributed by atoms with Crippen LogP contribution in [0.4, 0.5) is 0 Å². The molecule has 2 N–H and O–H groups in total. The number of Topliss-reactive ketones (excluding diaryl/α,β-unsaturated/α-hetero) is 1. The molecule has 1 atom stereocenters. The molecule has 0 saturated heterocycles. The first-order valence-corrected chi connectivity index (χ1v) is 5.86. The van der Waals surface area contributed by atoms with E-state index in [9.17, 15) is 9.59 Å². The third kappa shape index (κ3) is 4.67. The number of benzene rings is 1. The second-order valence-electron chi connectivity index (χ2n) is 5.16. The molecule has 4 heteroatoms. The topological polar surface area (TPSA) is 69.4 Å². The summed E-state index contributed by atoms with van der Waals surface area (Å²) in [4.78, 5) is 23.3. The predicted molar refractivity (Wildman–Crippen MR) is 69.0 cm³/mol. The molecule has 0 bridgehead atoms. The SMILES string of the molecule is CC(C)(C)OC(=O)C(=O)[C@@H](N)Cc1ccccc1. The predicted octanol–water partition coefficient (Wildman–Crippen LogP) is 1.47. The van der Waals surface area contributed by atoms with Gasteiger partial charge in [-0.25, -0.2) is 4.79 Å². The Kier molecular flexibility index (Phi) is 4.62. The molecule has 98 valence electrons. The van der Waals surface area contributed by atoms with Gasteiger partial charge in [0.15, 0.2) is 0 Å². The molecular formula is C14H19NO3. The number of ether oxygens (including phenoxy) is 1. The van der Waals surface area contributed by atoms with E-state index in [4.69, 9.17) is 10.5 Å². The Morgan fingerprint density at radius 3 is 2.28 bits per heavy atom. The summed E-state index contributed by atoms with van der Waals surface area (Å²) in [5.74, 6) is -1.56. The van der Waals surface area contributed by atoms with Gasteiger partial charge in [-0.2, -0.15) is 0 Å². The minimum Gasteiger partial charge on any atom is -0.454 e. The number of carbonyl (C=O) groups excluding carboxylic acids is 2. The van der Waals surface area contributed by atoms with Gasteiger partial charge < -0.3 is 10.5 Å². The Balaban J connectivity index is 2.59. The molecule has 4 nitrogen and oxygen atoms in total. The lowest BCUT2D eigenvalue weighted by Gasteiger charge is -2.20. The van der Waals surface area contributed by atoms with Crippen LogP contribution in [0.2, 0.25) is 0 Å². The van der Waals surface area contributed by atoms with Gasteiger partial charge in [-0.1, -0.05) is 30.3 Å². The van der Waals surface area contributed by atoms with Crippen molar-refractivity contribution in [1.82, 2.24) is 0 Å². The third-order valence-electron chi connectivity index (χ3n) is 2.24. The molecule has 0 unspecified atom stereocenters. The molecule has 0 aliphatic heterocycles. The molecule has 0 saturated carbocycles. The van der Waals surface area contributed by atoms with Crippen LogP contribution in [0.5, 0.6) is 0 Å². The summed E-state index contributed by atoms with van der Waals surface area (Å²) < 4.78 is 4.99. The Labute approximate surface area is 107 Å². The minimum absolute atomic E-state index is 0.332. The van der Waals surface area contributed by atoms with Gasteiger partial charge in [0.05, 0.1) is 6.04 Å². The molecule has 0 heterocycles. The highest BCUT2D eigenvalue weighted by molar-refractivity contribution is 6.35. The van der Waals surface area contributed by atoms with Crippen molar-refractivity contribution >= 4 is 11.8 Å². The number of rotatable bonds is 4. The van der Waals surface area contributed by atoms with E-state index in [0.29, 0.717) is 6.42 Å². The zero-order chi connectivity index (χ0) is 13.8. The molecule has 1 rings (SSSR count). The van der Waals surface area contributed by atoms with Crippen molar-refractivity contribution in [2.24, 2.45) is 5.73 Å². The highest BCUT2D eigenvalue weighted by atomic mass is 16.6. The van der Waals surface area contributed by atoms with Gasteiger partial charge in [0.1, 0.15) is 5.60 Å². The number of esters is 1. The van der Waals surface area contributed by atoms with E-state index in [2.05, 4.69) is 0 Å². The van der Waals surface area contributed by atoms with E-state index < -0.39 is 23.4 Å². The molecule has 0 amide bonds. The monoisotopic (exact) mass is 249 g/mol. The first-order valence-electron chi connectivity index (χ1n) is 5.86. The quantitative estimate of drug-likeness (QED) is 0.648. The van der Waals surface area contributed by atoms with E-state index in [1.807, 2.05) is 30.3 Å². The van der Waals surface area contributed by atoms with E-state index in [0.717, 1.165) is 5.56 Å². The van der Waals surface area contributed by atoms with Gasteiger partial charge in [-0.15, -0.1) is 0 Å². The lowest BCUT2D eigenvalue weighted by atomic mass is 10.0. The molecule has 0 aliphatic rings. The van der Waals surface area contributed by atoms with Gasteiger partial charge in [0.25, 0.3) is 5.78 Å². The summed E-state index contributed by atoms with van der Waals surface area (Å²) in [5.41, 5.74) is 5.96. The van der Waals surface area contributed by atoms with Crippen LogP contribution in [0.3, 0.4) is 0 Å². The van der Waals surface area contributed by atoms with Crippen LogP contribution in [0.15, 0.2) is 30.3 Å². The summed E-state index contributed by atoms with van der Waals surface area (Å²) in [7, 11) is 0. The van der Waals surface area contributed by atoms with E-state index >= 15 is 0 Å². The van der Waals surface area contributed by atoms with Crippen LogP contribution in [0.1, 0.15) is 26.3 Å². The molecule has 1 aromatic carbocycles. The maximum atomic E-state index is 11.7. The van der Waals surface area contributed by atoms with E-state index in [-0.39, 0.29) is 0 Å². The van der Waals surface area contributed by atoms with Crippen LogP contribution in [0, 0.1) is 0 Å². The zero-order valence-corrected chi connectivity index (χ0v) is 11.0. The largest absolute Gasteiger partial charge is 0.454 e. The lowest BCUT2D eigenvalue weighted by Crippen LogP contribution is -2.41. The highest BCUT2D eigenvalue weighted by Gasteiger charge is 2.27. The highest BCUT2D eigenvalue weighted by Crippen LogP contribution is 2.09. The minimum atomic E-state index is -0.870. The van der Waals surface area contributed by atoms with Crippen molar-refractivity contribution in [2.45, 2.75) is 38.8 Å². The summed E-state index contributed by atoms with van der Waals surface area (Å²) in [6, 6.07) is 8.47. The molecule has 18 heavy (non-hydrogen) atoms. The van der Waals surface area contributed by atoms with Gasteiger partial charge in [0.2, 0.25) is 0 Å². The van der Waals surface area contributed by atoms with Gasteiger partial charge in [0, 0.05) is 0 Å². The molecule has 0 radical (unpaired) electrons. The summed E-state index contributed by atoms with van der Waals surface area (Å²) in [6.45, 7) is 5.13. The maximum Gasteiger partial charge on any atom is 0.376 e. The van der Waals surface area contributed by atoms with Crippen LogP contribution >= 0.6 is 0 Å². The Bertz CT molecular complexity index is 420. The first-order chi connectivity index (χ1) is 8.29. The van der Waals surface area contributed by atoms with E-state index in [1.165, 1.54) is 0 Å². The van der Waals surface area contributed by atoms with Crippen molar-refractivity contribution < 1.29 is 14.3 Å². The van der Waals surface area contributed by atoms with Gasteiger partial charge >= 0.3 is 5.97 Å². The number of ketones is 1. The molecule has 0 aliphatic carbocycles. The Morgan fingerprint density at radius 1 is 1.22 bits per heavy atom. The average molecular weight is 249 g/mol. The molecule has 1 aromatic rings. The Hall–Kier alpha value is -1.68. The number of hydrogen-bond acceptors (Lipinski definition) is 4. The van der Waals surface area contributed by atoms with Crippen LogP contribution in [-0.4, -0.2) is 23.4 Å². The summed E-state index contributed by atoms with van der Waals surface area (Å²) in [6.07, 6.45) is 0.332. The molecule has 0 spiro atoms. The van der Waals surface area contributed by atoms with Gasteiger partial charge in [-0.3, -0.25) is 4.79 Å². The van der Waals surface area contributed by atoms with Crippen molar-refractivity contribution in [3.05, 3.63) is 35.9 Å². The number of nitrogens with two attached hydrogens (primary N) is 1. The van der Waals surface area contributed by atoms with Crippen LogP contribution < -0.4 is 5.73 Å². The number of hydrogen-bond donors (Lipinski definition) is 1.